The van der Waals surface area contributed by atoms with Gasteiger partial charge in [0.05, 0.1) is 27.9 Å². The number of hydrogen-bond donors (Lipinski definition) is 1. The van der Waals surface area contributed by atoms with E-state index in [9.17, 15) is 4.79 Å². The third kappa shape index (κ3) is 4.19. The van der Waals surface area contributed by atoms with Crippen molar-refractivity contribution in [3.63, 3.8) is 0 Å². The zero-order valence-corrected chi connectivity index (χ0v) is 16.8. The second-order valence-corrected chi connectivity index (χ2v) is 7.75. The number of carboxylic acids is 1. The Balaban J connectivity index is 2.01. The van der Waals surface area contributed by atoms with Gasteiger partial charge in [-0.25, -0.2) is 9.56 Å². The van der Waals surface area contributed by atoms with Crippen molar-refractivity contribution in [3.8, 4) is 16.3 Å². The van der Waals surface area contributed by atoms with Crippen LogP contribution >= 0.6 is 11.3 Å². The van der Waals surface area contributed by atoms with Gasteiger partial charge in [0.25, 0.3) is 0 Å². The van der Waals surface area contributed by atoms with E-state index in [1.165, 1.54) is 0 Å². The Morgan fingerprint density at radius 1 is 1.30 bits per heavy atom. The van der Waals surface area contributed by atoms with Crippen LogP contribution in [0.5, 0.6) is 5.75 Å². The van der Waals surface area contributed by atoms with Crippen LogP contribution in [0.4, 0.5) is 5.69 Å². The first-order chi connectivity index (χ1) is 12.9. The maximum atomic E-state index is 10.7. The molecular formula is C20H24N3O3S+. The molecule has 0 radical (unpaired) electrons. The summed E-state index contributed by atoms with van der Waals surface area (Å²) >= 11 is 1.70. The zero-order valence-electron chi connectivity index (χ0n) is 16.0. The van der Waals surface area contributed by atoms with Crippen molar-refractivity contribution in [2.45, 2.75) is 12.8 Å². The lowest BCUT2D eigenvalue weighted by Gasteiger charge is -2.19. The third-order valence-corrected chi connectivity index (χ3v) is 5.57. The number of carbonyl (C=O) groups is 1. The number of ether oxygens (including phenoxy) is 1. The average molecular weight is 386 g/mol. The normalized spacial score (nSPS) is 11.0. The lowest BCUT2D eigenvalue weighted by atomic mass is 10.2. The Bertz CT molecular complexity index is 1020. The van der Waals surface area contributed by atoms with Crippen molar-refractivity contribution < 1.29 is 14.6 Å². The first-order valence-corrected chi connectivity index (χ1v) is 9.56. The molecule has 1 aromatic carbocycles. The predicted molar refractivity (Wildman–Crippen MR) is 110 cm³/mol. The third-order valence-electron chi connectivity index (χ3n) is 4.47. The quantitative estimate of drug-likeness (QED) is 0.521. The first-order valence-electron chi connectivity index (χ1n) is 8.75. The molecule has 1 heterocycles. The van der Waals surface area contributed by atoms with Gasteiger partial charge in [0, 0.05) is 37.8 Å². The number of hydrogen-bond acceptors (Lipinski definition) is 5. The summed E-state index contributed by atoms with van der Waals surface area (Å²) < 4.78 is 8.63. The van der Waals surface area contributed by atoms with Gasteiger partial charge in [-0.1, -0.05) is 0 Å². The Morgan fingerprint density at radius 3 is 2.74 bits per heavy atom. The van der Waals surface area contributed by atoms with Crippen LogP contribution in [0.25, 0.3) is 20.8 Å². The van der Waals surface area contributed by atoms with Crippen LogP contribution in [0, 0.1) is 0 Å². The molecule has 0 atom stereocenters. The molecule has 142 valence electrons. The molecule has 6 nitrogen and oxygen atoms in total. The highest BCUT2D eigenvalue weighted by Crippen LogP contribution is 2.33. The van der Waals surface area contributed by atoms with Crippen molar-refractivity contribution in [3.05, 3.63) is 35.7 Å². The molecule has 0 bridgehead atoms. The minimum absolute atomic E-state index is 0.182. The number of rotatable bonds is 6. The van der Waals surface area contributed by atoms with E-state index < -0.39 is 5.97 Å². The highest BCUT2D eigenvalue weighted by molar-refractivity contribution is 7.21. The van der Waals surface area contributed by atoms with Crippen LogP contribution in [0.1, 0.15) is 12.8 Å². The number of fused-ring (bicyclic) bond motifs is 2. The molecule has 27 heavy (non-hydrogen) atoms. The summed E-state index contributed by atoms with van der Waals surface area (Å²) in [4.78, 5) is 18.7. The first kappa shape index (κ1) is 19.1. The maximum Gasteiger partial charge on any atom is 0.303 e. The topological polar surface area (TPSA) is 65.7 Å². The molecule has 7 heteroatoms. The predicted octanol–water partition coefficient (Wildman–Crippen LogP) is 2.74. The van der Waals surface area contributed by atoms with E-state index in [4.69, 9.17) is 14.8 Å². The van der Waals surface area contributed by atoms with Gasteiger partial charge in [-0.15, -0.1) is 11.3 Å². The van der Waals surface area contributed by atoms with Crippen LogP contribution < -0.4 is 19.6 Å². The van der Waals surface area contributed by atoms with Gasteiger partial charge in [0.15, 0.2) is 5.75 Å². The van der Waals surface area contributed by atoms with E-state index in [2.05, 4.69) is 17.0 Å². The highest BCUT2D eigenvalue weighted by atomic mass is 32.1. The number of aliphatic carboxylic acids is 1. The number of carboxylic acid groups (broad SMARTS) is 1. The Hall–Kier alpha value is -2.67. The Kier molecular flexibility index (Phi) is 5.60. The van der Waals surface area contributed by atoms with E-state index in [1.54, 1.807) is 18.4 Å². The largest absolute Gasteiger partial charge is 0.490 e. The average Bonchev–Trinajstić information content (AvgIpc) is 2.64. The van der Waals surface area contributed by atoms with E-state index in [1.807, 2.05) is 43.9 Å². The lowest BCUT2D eigenvalue weighted by Crippen LogP contribution is -2.23. The molecule has 0 aromatic heterocycles. The summed E-state index contributed by atoms with van der Waals surface area (Å²) in [5.41, 5.74) is 2.92. The highest BCUT2D eigenvalue weighted by Gasteiger charge is 2.15. The summed E-state index contributed by atoms with van der Waals surface area (Å²) in [6.07, 6.45) is 0.803. The monoisotopic (exact) mass is 386 g/mol. The molecule has 0 saturated carbocycles. The van der Waals surface area contributed by atoms with Gasteiger partial charge in [-0.3, -0.25) is 4.79 Å². The van der Waals surface area contributed by atoms with Gasteiger partial charge in [0.1, 0.15) is 14.1 Å². The molecular weight excluding hydrogens is 362 g/mol. The van der Waals surface area contributed by atoms with Crippen molar-refractivity contribution in [1.82, 2.24) is 9.56 Å². The smallest absolute Gasteiger partial charge is 0.303 e. The van der Waals surface area contributed by atoms with E-state index in [0.29, 0.717) is 13.0 Å². The molecule has 1 aliphatic carbocycles. The van der Waals surface area contributed by atoms with Crippen LogP contribution in [0.2, 0.25) is 0 Å². The minimum Gasteiger partial charge on any atom is -0.490 e. The summed E-state index contributed by atoms with van der Waals surface area (Å²) in [5.74, 6) is 0.0493. The van der Waals surface area contributed by atoms with Crippen LogP contribution in [-0.4, -0.2) is 50.9 Å². The number of aromatic nitrogens is 1. The molecule has 2 aliphatic rings. The molecule has 0 unspecified atom stereocenters. The molecule has 0 fully saturated rings. The molecule has 0 spiro atoms. The standard InChI is InChI=1S/C20H23N3O3S/c1-22(2)16-12-19-15(11-17(16)26-4)21-14-8-7-13(10-18(14)27-19)23(3)9-5-6-20(24)25/h7-8,10-12H,5-6,9H2,1-4H3/p+1. The van der Waals surface area contributed by atoms with Gasteiger partial charge in [-0.05, 0) is 24.6 Å². The van der Waals surface area contributed by atoms with Gasteiger partial charge in [0.2, 0.25) is 5.36 Å². The molecule has 1 aliphatic heterocycles. The molecule has 1 aromatic rings. The van der Waals surface area contributed by atoms with Crippen molar-refractivity contribution in [2.24, 2.45) is 0 Å². The summed E-state index contributed by atoms with van der Waals surface area (Å²) in [6.45, 7) is 0.700. The number of anilines is 1. The summed E-state index contributed by atoms with van der Waals surface area (Å²) in [5, 5.41) is 9.82. The second kappa shape index (κ2) is 7.92. The number of nitrogens with zero attached hydrogens (tertiary/aromatic N) is 3. The van der Waals surface area contributed by atoms with Crippen molar-refractivity contribution in [2.75, 3.05) is 39.7 Å². The van der Waals surface area contributed by atoms with E-state index >= 15 is 0 Å². The van der Waals surface area contributed by atoms with Crippen molar-refractivity contribution in [1.29, 1.82) is 0 Å². The number of benzene rings is 2. The zero-order chi connectivity index (χ0) is 19.6. The van der Waals surface area contributed by atoms with E-state index in [0.717, 1.165) is 37.6 Å². The van der Waals surface area contributed by atoms with Gasteiger partial charge >= 0.3 is 5.97 Å². The van der Waals surface area contributed by atoms with Crippen LogP contribution in [-0.2, 0) is 4.79 Å². The fourth-order valence-electron chi connectivity index (χ4n) is 2.98. The second-order valence-electron chi connectivity index (χ2n) is 6.67. The Labute approximate surface area is 162 Å². The fraction of sp³-hybridized carbons (Fsp3) is 0.350. The van der Waals surface area contributed by atoms with Gasteiger partial charge in [-0.2, -0.15) is 0 Å². The van der Waals surface area contributed by atoms with Crippen LogP contribution in [0.3, 0.4) is 0 Å². The van der Waals surface area contributed by atoms with Crippen LogP contribution in [0.15, 0.2) is 30.3 Å². The summed E-state index contributed by atoms with van der Waals surface area (Å²) in [7, 11) is 7.64. The molecule has 0 saturated heterocycles. The number of methoxy groups -OCH3 is 1. The van der Waals surface area contributed by atoms with Crippen molar-refractivity contribution >= 4 is 33.2 Å². The van der Waals surface area contributed by atoms with Gasteiger partial charge < -0.3 is 14.7 Å². The lowest BCUT2D eigenvalue weighted by molar-refractivity contribution is -0.137. The molecule has 3 rings (SSSR count). The SMILES string of the molecule is COc1cc2nc3ccc(N(C)CCCC(=O)O)cc3sc-2cc1=[N+](C)C. The Morgan fingerprint density at radius 2 is 2.07 bits per heavy atom. The molecule has 1 N–H and O–H groups in total. The minimum atomic E-state index is -0.757. The summed E-state index contributed by atoms with van der Waals surface area (Å²) in [6, 6.07) is 10.2. The molecule has 0 amide bonds. The van der Waals surface area contributed by atoms with E-state index in [-0.39, 0.29) is 6.42 Å². The maximum absolute atomic E-state index is 10.7. The fourth-order valence-corrected chi connectivity index (χ4v) is 3.99.